The molecule has 0 aliphatic heterocycles. The van der Waals surface area contributed by atoms with E-state index in [4.69, 9.17) is 0 Å². The number of nitrogens with one attached hydrogen (secondary N) is 3. The van der Waals surface area contributed by atoms with Gasteiger partial charge in [0.15, 0.2) is 6.23 Å². The molecule has 0 radical (unpaired) electrons. The standard InChI is InChI=1S/C8H12BN5O4/c1-4-2-5(15)12-7(11-4)13-8(16)10-3-6(14-17)18-9/h2,6H,3,9H2,1H3,(H3,10,11,12,13,15,16). The summed E-state index contributed by atoms with van der Waals surface area (Å²) in [5.74, 6) is 0.0190. The topological polar surface area (TPSA) is 126 Å². The third-order valence-electron chi connectivity index (χ3n) is 1.94. The molecule has 0 aromatic carbocycles. The number of aromatic amines is 1. The van der Waals surface area contributed by atoms with Crippen LogP contribution in [0.3, 0.4) is 0 Å². The van der Waals surface area contributed by atoms with Crippen LogP contribution in [0.4, 0.5) is 10.7 Å². The normalized spacial score (nSPS) is 11.6. The highest BCUT2D eigenvalue weighted by Gasteiger charge is 2.09. The minimum absolute atomic E-state index is 0.0190. The van der Waals surface area contributed by atoms with Crippen molar-refractivity contribution in [2.45, 2.75) is 13.2 Å². The number of amides is 2. The molecule has 0 aliphatic carbocycles. The first-order chi connectivity index (χ1) is 8.55. The van der Waals surface area contributed by atoms with E-state index in [0.29, 0.717) is 5.69 Å². The van der Waals surface area contributed by atoms with Gasteiger partial charge in [0, 0.05) is 11.8 Å². The van der Waals surface area contributed by atoms with Gasteiger partial charge in [-0.3, -0.25) is 10.1 Å². The fourth-order valence-electron chi connectivity index (χ4n) is 1.13. The molecule has 3 N–H and O–H groups in total. The highest BCUT2D eigenvalue weighted by Crippen LogP contribution is 1.95. The SMILES string of the molecule is BOC(CNC(=O)Nc1nc(=O)cc(C)[nH]1)N=O. The quantitative estimate of drug-likeness (QED) is 0.451. The van der Waals surface area contributed by atoms with Gasteiger partial charge in [-0.25, -0.2) is 4.79 Å². The first-order valence-corrected chi connectivity index (χ1v) is 5.03. The van der Waals surface area contributed by atoms with Crippen LogP contribution in [0.2, 0.25) is 0 Å². The zero-order valence-corrected chi connectivity index (χ0v) is 9.89. The van der Waals surface area contributed by atoms with Gasteiger partial charge in [0.25, 0.3) is 13.6 Å². The summed E-state index contributed by atoms with van der Waals surface area (Å²) in [7, 11) is 1.30. The summed E-state index contributed by atoms with van der Waals surface area (Å²) in [6.07, 6.45) is -0.958. The lowest BCUT2D eigenvalue weighted by Crippen LogP contribution is -2.36. The van der Waals surface area contributed by atoms with Crippen LogP contribution >= 0.6 is 0 Å². The molecule has 1 unspecified atom stereocenters. The van der Waals surface area contributed by atoms with Crippen LogP contribution in [-0.2, 0) is 4.65 Å². The number of aromatic nitrogens is 2. The van der Waals surface area contributed by atoms with Gasteiger partial charge in [-0.05, 0) is 12.1 Å². The monoisotopic (exact) mass is 253 g/mol. The number of hydrogen-bond donors (Lipinski definition) is 3. The van der Waals surface area contributed by atoms with Gasteiger partial charge in [0.05, 0.1) is 6.54 Å². The maximum atomic E-state index is 11.4. The van der Waals surface area contributed by atoms with Gasteiger partial charge in [-0.1, -0.05) is 0 Å². The number of nitrogens with zero attached hydrogens (tertiary/aromatic N) is 2. The van der Waals surface area contributed by atoms with Crippen LogP contribution in [0.5, 0.6) is 0 Å². The zero-order chi connectivity index (χ0) is 13.5. The van der Waals surface area contributed by atoms with Crippen LogP contribution in [0, 0.1) is 11.8 Å². The number of anilines is 1. The van der Waals surface area contributed by atoms with E-state index in [-0.39, 0.29) is 12.5 Å². The first kappa shape index (κ1) is 13.8. The lowest BCUT2D eigenvalue weighted by atomic mass is 10.4. The molecule has 1 atom stereocenters. The number of carbonyl (C=O) groups is 1. The maximum Gasteiger partial charge on any atom is 0.321 e. The third kappa shape index (κ3) is 4.33. The van der Waals surface area contributed by atoms with Crippen molar-refractivity contribution in [1.29, 1.82) is 0 Å². The van der Waals surface area contributed by atoms with Gasteiger partial charge in [0.2, 0.25) is 5.95 Å². The number of rotatable bonds is 5. The van der Waals surface area contributed by atoms with E-state index in [1.165, 1.54) is 14.1 Å². The highest BCUT2D eigenvalue weighted by molar-refractivity contribution is 5.98. The molecule has 0 saturated heterocycles. The molecule has 0 saturated carbocycles. The number of H-pyrrole nitrogens is 1. The van der Waals surface area contributed by atoms with E-state index in [2.05, 4.69) is 30.4 Å². The Kier molecular flexibility index (Phi) is 4.99. The summed E-state index contributed by atoms with van der Waals surface area (Å²) < 4.78 is 4.64. The van der Waals surface area contributed by atoms with Crippen molar-refractivity contribution >= 4 is 20.0 Å². The number of urea groups is 1. The van der Waals surface area contributed by atoms with E-state index in [1.54, 1.807) is 6.92 Å². The number of carbonyl (C=O) groups excluding carboxylic acids is 1. The Hall–Kier alpha value is -2.23. The average Bonchev–Trinajstić information content (AvgIpc) is 2.28. The van der Waals surface area contributed by atoms with Crippen LogP contribution in [-0.4, -0.2) is 36.8 Å². The molecule has 18 heavy (non-hydrogen) atoms. The highest BCUT2D eigenvalue weighted by atomic mass is 16.5. The minimum Gasteiger partial charge on any atom is -0.420 e. The number of aryl methyl sites for hydroxylation is 1. The largest absolute Gasteiger partial charge is 0.420 e. The maximum absolute atomic E-state index is 11.4. The zero-order valence-electron chi connectivity index (χ0n) is 9.89. The fraction of sp³-hybridized carbons (Fsp3) is 0.375. The second kappa shape index (κ2) is 6.50. The molecule has 1 rings (SSSR count). The minimum atomic E-state index is -0.958. The Balaban J connectivity index is 2.54. The molecule has 9 nitrogen and oxygen atoms in total. The summed E-state index contributed by atoms with van der Waals surface area (Å²) in [6, 6.07) is 0.662. The van der Waals surface area contributed by atoms with E-state index in [0.717, 1.165) is 0 Å². The van der Waals surface area contributed by atoms with E-state index >= 15 is 0 Å². The number of nitroso groups, excluding NO2 is 1. The summed E-state index contributed by atoms with van der Waals surface area (Å²) in [6.45, 7) is 1.57. The summed E-state index contributed by atoms with van der Waals surface area (Å²) in [4.78, 5) is 38.9. The fourth-order valence-corrected chi connectivity index (χ4v) is 1.13. The molecule has 96 valence electrons. The Morgan fingerprint density at radius 1 is 1.72 bits per heavy atom. The molecule has 0 spiro atoms. The van der Waals surface area contributed by atoms with Crippen molar-refractivity contribution in [3.05, 3.63) is 27.0 Å². The predicted octanol–water partition coefficient (Wildman–Crippen LogP) is -1.14. The summed E-state index contributed by atoms with van der Waals surface area (Å²) in [5, 5.41) is 7.28. The molecule has 0 aliphatic rings. The van der Waals surface area contributed by atoms with Crippen LogP contribution in [0.15, 0.2) is 16.0 Å². The second-order valence-electron chi connectivity index (χ2n) is 3.38. The average molecular weight is 253 g/mol. The molecular weight excluding hydrogens is 241 g/mol. The Morgan fingerprint density at radius 3 is 3.00 bits per heavy atom. The van der Waals surface area contributed by atoms with Crippen molar-refractivity contribution in [3.63, 3.8) is 0 Å². The third-order valence-corrected chi connectivity index (χ3v) is 1.94. The van der Waals surface area contributed by atoms with Gasteiger partial charge in [-0.2, -0.15) is 4.98 Å². The molecule has 2 amide bonds. The Labute approximate surface area is 103 Å². The van der Waals surface area contributed by atoms with Crippen LogP contribution in [0.1, 0.15) is 5.69 Å². The lowest BCUT2D eigenvalue weighted by Gasteiger charge is -2.10. The van der Waals surface area contributed by atoms with Gasteiger partial charge in [0.1, 0.15) is 0 Å². The molecule has 1 heterocycles. The van der Waals surface area contributed by atoms with Gasteiger partial charge in [-0.15, -0.1) is 4.91 Å². The van der Waals surface area contributed by atoms with Crippen molar-refractivity contribution < 1.29 is 9.45 Å². The Morgan fingerprint density at radius 2 is 2.44 bits per heavy atom. The Bertz CT molecular complexity index is 491. The van der Waals surface area contributed by atoms with Crippen LogP contribution < -0.4 is 16.2 Å². The van der Waals surface area contributed by atoms with Crippen molar-refractivity contribution in [1.82, 2.24) is 15.3 Å². The number of hydrogen-bond acceptors (Lipinski definition) is 6. The van der Waals surface area contributed by atoms with E-state index < -0.39 is 17.8 Å². The molecule has 0 fully saturated rings. The molecule has 0 bridgehead atoms. The smallest absolute Gasteiger partial charge is 0.321 e. The molecule has 10 heteroatoms. The summed E-state index contributed by atoms with van der Waals surface area (Å²) in [5.41, 5.74) is 0.0977. The van der Waals surface area contributed by atoms with Crippen molar-refractivity contribution in [3.8, 4) is 0 Å². The first-order valence-electron chi connectivity index (χ1n) is 5.03. The summed E-state index contributed by atoms with van der Waals surface area (Å²) >= 11 is 0. The van der Waals surface area contributed by atoms with Gasteiger partial charge < -0.3 is 15.0 Å². The van der Waals surface area contributed by atoms with Gasteiger partial charge >= 0.3 is 6.03 Å². The van der Waals surface area contributed by atoms with Crippen molar-refractivity contribution in [2.75, 3.05) is 11.9 Å². The molecular formula is C8H12BN5O4. The van der Waals surface area contributed by atoms with E-state index in [1.807, 2.05) is 0 Å². The lowest BCUT2D eigenvalue weighted by molar-refractivity contribution is 0.218. The van der Waals surface area contributed by atoms with Crippen molar-refractivity contribution in [2.24, 2.45) is 5.18 Å². The molecule has 1 aromatic heterocycles. The molecule has 1 aromatic rings. The predicted molar refractivity (Wildman–Crippen MR) is 65.8 cm³/mol. The second-order valence-corrected chi connectivity index (χ2v) is 3.38. The van der Waals surface area contributed by atoms with Crippen LogP contribution in [0.25, 0.3) is 0 Å². The van der Waals surface area contributed by atoms with E-state index in [9.17, 15) is 14.5 Å².